The Labute approximate surface area is 92.0 Å². The molecule has 0 spiro atoms. The van der Waals surface area contributed by atoms with E-state index in [1.807, 2.05) is 19.9 Å². The first-order valence-corrected chi connectivity index (χ1v) is 5.11. The fraction of sp³-hybridized carbons (Fsp3) is 0.462. The molecule has 2 heteroatoms. The molecule has 0 saturated carbocycles. The second kappa shape index (κ2) is 6.23. The summed E-state index contributed by atoms with van der Waals surface area (Å²) >= 11 is 0. The molecule has 0 aliphatic carbocycles. The average molecular weight is 208 g/mol. The van der Waals surface area contributed by atoms with Crippen LogP contribution in [0.25, 0.3) is 0 Å². The highest BCUT2D eigenvalue weighted by Gasteiger charge is 1.98. The molecule has 0 saturated heterocycles. The zero-order valence-corrected chi connectivity index (χ0v) is 10.2. The second-order valence-electron chi connectivity index (χ2n) is 4.18. The van der Waals surface area contributed by atoms with Gasteiger partial charge >= 0.3 is 5.97 Å². The van der Waals surface area contributed by atoms with Crippen molar-refractivity contribution in [2.24, 2.45) is 5.92 Å². The van der Waals surface area contributed by atoms with Gasteiger partial charge in [0.15, 0.2) is 0 Å². The number of allylic oxidation sites excluding steroid dienone is 5. The van der Waals surface area contributed by atoms with Crippen molar-refractivity contribution in [1.82, 2.24) is 0 Å². The summed E-state index contributed by atoms with van der Waals surface area (Å²) in [5.74, 6) is -0.355. The normalized spacial score (nSPS) is 14.7. The third-order valence-corrected chi connectivity index (χ3v) is 1.83. The number of rotatable bonds is 4. The number of carboxylic acid groups (broad SMARTS) is 1. The standard InChI is InChI=1S/C13H20O2/c1-9(2)6-10(3)7-11(4)8-12(5)13(14)15/h6-9H,1-5H3,(H,14,15)/b10-6+,11-7+,12-8+. The summed E-state index contributed by atoms with van der Waals surface area (Å²) in [7, 11) is 0. The van der Waals surface area contributed by atoms with Gasteiger partial charge in [0.05, 0.1) is 0 Å². The van der Waals surface area contributed by atoms with Gasteiger partial charge in [-0.2, -0.15) is 0 Å². The van der Waals surface area contributed by atoms with E-state index in [2.05, 4.69) is 19.9 Å². The van der Waals surface area contributed by atoms with Gasteiger partial charge in [-0.3, -0.25) is 0 Å². The lowest BCUT2D eigenvalue weighted by Gasteiger charge is -1.99. The van der Waals surface area contributed by atoms with Crippen molar-refractivity contribution in [2.75, 3.05) is 0 Å². The highest BCUT2D eigenvalue weighted by atomic mass is 16.4. The summed E-state index contributed by atoms with van der Waals surface area (Å²) in [5, 5.41) is 8.70. The lowest BCUT2D eigenvalue weighted by molar-refractivity contribution is -0.132. The summed E-state index contributed by atoms with van der Waals surface area (Å²) in [4.78, 5) is 10.6. The van der Waals surface area contributed by atoms with Gasteiger partial charge in [-0.05, 0) is 32.8 Å². The molecule has 15 heavy (non-hydrogen) atoms. The van der Waals surface area contributed by atoms with Crippen LogP contribution >= 0.6 is 0 Å². The van der Waals surface area contributed by atoms with Crippen molar-refractivity contribution in [3.63, 3.8) is 0 Å². The van der Waals surface area contributed by atoms with Crippen LogP contribution < -0.4 is 0 Å². The molecule has 0 unspecified atom stereocenters. The molecule has 84 valence electrons. The van der Waals surface area contributed by atoms with Gasteiger partial charge < -0.3 is 5.11 Å². The van der Waals surface area contributed by atoms with Crippen LogP contribution in [0.1, 0.15) is 34.6 Å². The minimum Gasteiger partial charge on any atom is -0.478 e. The molecule has 0 aromatic rings. The third kappa shape index (κ3) is 6.72. The number of aliphatic carboxylic acids is 1. The van der Waals surface area contributed by atoms with Crippen LogP contribution in [0.4, 0.5) is 0 Å². The fourth-order valence-electron chi connectivity index (χ4n) is 1.38. The van der Waals surface area contributed by atoms with Crippen molar-refractivity contribution >= 4 is 5.97 Å². The van der Waals surface area contributed by atoms with Gasteiger partial charge in [0.2, 0.25) is 0 Å². The van der Waals surface area contributed by atoms with E-state index in [1.165, 1.54) is 0 Å². The van der Waals surface area contributed by atoms with Crippen molar-refractivity contribution in [3.8, 4) is 0 Å². The third-order valence-electron chi connectivity index (χ3n) is 1.83. The van der Waals surface area contributed by atoms with Gasteiger partial charge in [0.1, 0.15) is 0 Å². The Morgan fingerprint density at radius 2 is 1.60 bits per heavy atom. The first-order chi connectivity index (χ1) is 6.82. The van der Waals surface area contributed by atoms with Crippen molar-refractivity contribution in [3.05, 3.63) is 34.9 Å². The van der Waals surface area contributed by atoms with Crippen LogP contribution in [-0.2, 0) is 4.79 Å². The molecular weight excluding hydrogens is 188 g/mol. The highest BCUT2D eigenvalue weighted by molar-refractivity contribution is 5.86. The van der Waals surface area contributed by atoms with Crippen LogP contribution in [0.3, 0.4) is 0 Å². The Morgan fingerprint density at radius 1 is 1.07 bits per heavy atom. The molecule has 0 aliphatic rings. The maximum Gasteiger partial charge on any atom is 0.331 e. The van der Waals surface area contributed by atoms with Gasteiger partial charge in [0, 0.05) is 5.57 Å². The van der Waals surface area contributed by atoms with Gasteiger partial charge in [0.25, 0.3) is 0 Å². The maximum absolute atomic E-state index is 10.6. The molecule has 0 heterocycles. The van der Waals surface area contributed by atoms with Crippen LogP contribution in [0.5, 0.6) is 0 Å². The van der Waals surface area contributed by atoms with Crippen LogP contribution in [0.2, 0.25) is 0 Å². The Morgan fingerprint density at radius 3 is 2.00 bits per heavy atom. The molecule has 0 rings (SSSR count). The van der Waals surface area contributed by atoms with E-state index in [-0.39, 0.29) is 0 Å². The molecule has 0 fully saturated rings. The van der Waals surface area contributed by atoms with E-state index in [0.29, 0.717) is 11.5 Å². The summed E-state index contributed by atoms with van der Waals surface area (Å²) < 4.78 is 0. The molecule has 1 N–H and O–H groups in total. The molecule has 2 nitrogen and oxygen atoms in total. The van der Waals surface area contributed by atoms with E-state index in [1.54, 1.807) is 13.0 Å². The SMILES string of the molecule is CC(=C\C(C)=C\C(C)C)/C=C(\C)C(=O)O. The molecule has 0 aliphatic heterocycles. The fourth-order valence-corrected chi connectivity index (χ4v) is 1.38. The largest absolute Gasteiger partial charge is 0.478 e. The second-order valence-corrected chi connectivity index (χ2v) is 4.18. The summed E-state index contributed by atoms with van der Waals surface area (Å²) in [6.07, 6.45) is 5.82. The first-order valence-electron chi connectivity index (χ1n) is 5.11. The van der Waals surface area contributed by atoms with Gasteiger partial charge in [-0.25, -0.2) is 4.79 Å². The van der Waals surface area contributed by atoms with E-state index < -0.39 is 5.97 Å². The zero-order chi connectivity index (χ0) is 12.0. The molecule has 0 aromatic carbocycles. The van der Waals surface area contributed by atoms with Crippen LogP contribution in [0, 0.1) is 5.92 Å². The Hall–Kier alpha value is -1.31. The van der Waals surface area contributed by atoms with E-state index in [4.69, 9.17) is 5.11 Å². The smallest absolute Gasteiger partial charge is 0.331 e. The van der Waals surface area contributed by atoms with Crippen LogP contribution in [0.15, 0.2) is 34.9 Å². The topological polar surface area (TPSA) is 37.3 Å². The molecule has 0 aromatic heterocycles. The number of carboxylic acids is 1. The Kier molecular flexibility index (Phi) is 5.68. The predicted octanol–water partition coefficient (Wildman–Crippen LogP) is 3.57. The quantitative estimate of drug-likeness (QED) is 0.566. The minimum absolute atomic E-state index is 0.362. The monoisotopic (exact) mass is 208 g/mol. The van der Waals surface area contributed by atoms with Gasteiger partial charge in [-0.1, -0.05) is 37.1 Å². The first kappa shape index (κ1) is 13.7. The number of hydrogen-bond acceptors (Lipinski definition) is 1. The molecular formula is C13H20O2. The van der Waals surface area contributed by atoms with E-state index >= 15 is 0 Å². The predicted molar refractivity (Wildman–Crippen MR) is 63.7 cm³/mol. The highest BCUT2D eigenvalue weighted by Crippen LogP contribution is 2.08. The summed E-state index contributed by atoms with van der Waals surface area (Å²) in [5.41, 5.74) is 2.49. The Balaban J connectivity index is 4.72. The van der Waals surface area contributed by atoms with Crippen molar-refractivity contribution in [1.29, 1.82) is 0 Å². The lowest BCUT2D eigenvalue weighted by atomic mass is 10.1. The van der Waals surface area contributed by atoms with E-state index in [9.17, 15) is 4.79 Å². The lowest BCUT2D eigenvalue weighted by Crippen LogP contribution is -1.95. The molecule has 0 radical (unpaired) electrons. The summed E-state index contributed by atoms with van der Waals surface area (Å²) in [6.45, 7) is 9.76. The van der Waals surface area contributed by atoms with Crippen molar-refractivity contribution in [2.45, 2.75) is 34.6 Å². The van der Waals surface area contributed by atoms with Crippen molar-refractivity contribution < 1.29 is 9.90 Å². The van der Waals surface area contributed by atoms with Crippen LogP contribution in [-0.4, -0.2) is 11.1 Å². The molecule has 0 atom stereocenters. The van der Waals surface area contributed by atoms with Gasteiger partial charge in [-0.15, -0.1) is 0 Å². The number of hydrogen-bond donors (Lipinski definition) is 1. The maximum atomic E-state index is 10.6. The molecule has 0 bridgehead atoms. The zero-order valence-electron chi connectivity index (χ0n) is 10.2. The number of carbonyl (C=O) groups is 1. The van der Waals surface area contributed by atoms with E-state index in [0.717, 1.165) is 11.1 Å². The molecule has 0 amide bonds. The Bertz CT molecular complexity index is 317. The summed E-state index contributed by atoms with van der Waals surface area (Å²) in [6, 6.07) is 0. The average Bonchev–Trinajstić information content (AvgIpc) is 2.00. The minimum atomic E-state index is -0.867.